The maximum Gasteiger partial charge on any atom is 0.239 e. The van der Waals surface area contributed by atoms with Gasteiger partial charge in [0, 0.05) is 19.1 Å². The molecule has 0 saturated heterocycles. The summed E-state index contributed by atoms with van der Waals surface area (Å²) < 4.78 is 5.23. The van der Waals surface area contributed by atoms with Crippen LogP contribution in [0.25, 0.3) is 0 Å². The minimum absolute atomic E-state index is 0.0969. The topological polar surface area (TPSA) is 41.6 Å². The van der Waals surface area contributed by atoms with Crippen molar-refractivity contribution in [2.45, 2.75) is 39.8 Å². The molecular formula is C16H26N2O2. The van der Waals surface area contributed by atoms with Crippen LogP contribution in [0.3, 0.4) is 0 Å². The van der Waals surface area contributed by atoms with E-state index in [9.17, 15) is 4.79 Å². The minimum Gasteiger partial charge on any atom is -0.497 e. The number of ether oxygens (including phenoxy) is 1. The number of amides is 1. The molecule has 0 radical (unpaired) electrons. The van der Waals surface area contributed by atoms with Gasteiger partial charge in [-0.05, 0) is 45.4 Å². The second kappa shape index (κ2) is 7.90. The maximum atomic E-state index is 12.2. The summed E-state index contributed by atoms with van der Waals surface area (Å²) in [7, 11) is 1.66. The molecule has 0 aliphatic rings. The molecule has 1 unspecified atom stereocenters. The highest BCUT2D eigenvalue weighted by Gasteiger charge is 2.20. The van der Waals surface area contributed by atoms with Crippen LogP contribution in [0, 0.1) is 0 Å². The summed E-state index contributed by atoms with van der Waals surface area (Å²) in [6, 6.07) is 7.81. The van der Waals surface area contributed by atoms with E-state index in [2.05, 4.69) is 12.2 Å². The molecular weight excluding hydrogens is 252 g/mol. The summed E-state index contributed by atoms with van der Waals surface area (Å²) in [5, 5.41) is 3.35. The van der Waals surface area contributed by atoms with E-state index < -0.39 is 0 Å². The zero-order valence-corrected chi connectivity index (χ0v) is 13.1. The first-order chi connectivity index (χ1) is 9.53. The minimum atomic E-state index is -0.198. The molecule has 0 spiro atoms. The summed E-state index contributed by atoms with van der Waals surface area (Å²) in [5.41, 5.74) is 1.11. The van der Waals surface area contributed by atoms with Gasteiger partial charge in [0.2, 0.25) is 5.91 Å². The Balaban J connectivity index is 2.69. The fraction of sp³-hybridized carbons (Fsp3) is 0.562. The summed E-state index contributed by atoms with van der Waals surface area (Å²) in [4.78, 5) is 14.1. The fourth-order valence-electron chi connectivity index (χ4n) is 2.26. The lowest BCUT2D eigenvalue weighted by Crippen LogP contribution is -2.45. The van der Waals surface area contributed by atoms with Gasteiger partial charge in [0.15, 0.2) is 0 Å². The fourth-order valence-corrected chi connectivity index (χ4v) is 2.26. The van der Waals surface area contributed by atoms with E-state index in [1.54, 1.807) is 7.11 Å². The smallest absolute Gasteiger partial charge is 0.239 e. The zero-order chi connectivity index (χ0) is 15.1. The van der Waals surface area contributed by atoms with Crippen LogP contribution in [0.5, 0.6) is 5.75 Å². The number of carbonyl (C=O) groups excluding carboxylic acids is 1. The number of carbonyl (C=O) groups is 1. The van der Waals surface area contributed by atoms with Crippen LogP contribution in [-0.4, -0.2) is 37.0 Å². The Morgan fingerprint density at radius 2 is 1.95 bits per heavy atom. The van der Waals surface area contributed by atoms with Gasteiger partial charge in [0.1, 0.15) is 5.75 Å². The first kappa shape index (κ1) is 16.5. The predicted octanol–water partition coefficient (Wildman–Crippen LogP) is 2.60. The normalized spacial score (nSPS) is 13.7. The Morgan fingerprint density at radius 3 is 2.50 bits per heavy atom. The molecule has 1 aromatic rings. The highest BCUT2D eigenvalue weighted by atomic mass is 16.5. The second-order valence-corrected chi connectivity index (χ2v) is 4.90. The number of rotatable bonds is 7. The van der Waals surface area contributed by atoms with Crippen molar-refractivity contribution in [3.8, 4) is 5.75 Å². The van der Waals surface area contributed by atoms with Crippen molar-refractivity contribution in [2.75, 3.05) is 20.2 Å². The average molecular weight is 278 g/mol. The van der Waals surface area contributed by atoms with Crippen LogP contribution < -0.4 is 10.1 Å². The third-order valence-electron chi connectivity index (χ3n) is 3.54. The largest absolute Gasteiger partial charge is 0.497 e. The second-order valence-electron chi connectivity index (χ2n) is 4.90. The van der Waals surface area contributed by atoms with E-state index in [0.29, 0.717) is 0 Å². The molecule has 1 N–H and O–H groups in total. The van der Waals surface area contributed by atoms with Crippen LogP contribution in [0.15, 0.2) is 24.3 Å². The standard InChI is InChI=1S/C16H26N2O2/c1-6-18(7-2)16(19)13(4)17-12(3)14-9-8-10-15(11-14)20-5/h8-13,17H,6-7H2,1-5H3/t12-,13?/m0/s1. The van der Waals surface area contributed by atoms with E-state index in [0.717, 1.165) is 24.4 Å². The molecule has 0 aliphatic carbocycles. The maximum absolute atomic E-state index is 12.2. The lowest BCUT2D eigenvalue weighted by Gasteiger charge is -2.26. The molecule has 0 saturated carbocycles. The molecule has 4 heteroatoms. The lowest BCUT2D eigenvalue weighted by atomic mass is 10.1. The number of methoxy groups -OCH3 is 1. The van der Waals surface area contributed by atoms with Gasteiger partial charge in [-0.15, -0.1) is 0 Å². The molecule has 0 heterocycles. The number of likely N-dealkylation sites (N-methyl/N-ethyl adjacent to an activating group) is 1. The SMILES string of the molecule is CCN(CC)C(=O)C(C)N[C@@H](C)c1cccc(OC)c1. The first-order valence-electron chi connectivity index (χ1n) is 7.22. The molecule has 20 heavy (non-hydrogen) atoms. The van der Waals surface area contributed by atoms with Crippen molar-refractivity contribution in [2.24, 2.45) is 0 Å². The number of hydrogen-bond donors (Lipinski definition) is 1. The van der Waals surface area contributed by atoms with Crippen molar-refractivity contribution in [1.29, 1.82) is 0 Å². The Kier molecular flexibility index (Phi) is 6.52. The Hall–Kier alpha value is -1.55. The van der Waals surface area contributed by atoms with Gasteiger partial charge in [-0.2, -0.15) is 0 Å². The molecule has 0 fully saturated rings. The lowest BCUT2D eigenvalue weighted by molar-refractivity contribution is -0.132. The quantitative estimate of drug-likeness (QED) is 0.833. The molecule has 2 atom stereocenters. The van der Waals surface area contributed by atoms with Gasteiger partial charge in [-0.3, -0.25) is 10.1 Å². The predicted molar refractivity (Wildman–Crippen MR) is 81.9 cm³/mol. The van der Waals surface area contributed by atoms with Crippen LogP contribution in [-0.2, 0) is 4.79 Å². The van der Waals surface area contributed by atoms with Crippen LogP contribution in [0.4, 0.5) is 0 Å². The highest BCUT2D eigenvalue weighted by Crippen LogP contribution is 2.19. The van der Waals surface area contributed by atoms with Gasteiger partial charge in [-0.1, -0.05) is 12.1 Å². The Morgan fingerprint density at radius 1 is 1.30 bits per heavy atom. The summed E-state index contributed by atoms with van der Waals surface area (Å²) in [6.45, 7) is 9.46. The number of nitrogens with zero attached hydrogens (tertiary/aromatic N) is 1. The summed E-state index contributed by atoms with van der Waals surface area (Å²) >= 11 is 0. The Labute approximate surface area is 122 Å². The van der Waals surface area contributed by atoms with Gasteiger partial charge < -0.3 is 9.64 Å². The van der Waals surface area contributed by atoms with Crippen molar-refractivity contribution in [3.05, 3.63) is 29.8 Å². The van der Waals surface area contributed by atoms with Gasteiger partial charge >= 0.3 is 0 Å². The molecule has 1 rings (SSSR count). The van der Waals surface area contributed by atoms with Gasteiger partial charge in [0.25, 0.3) is 0 Å². The Bertz CT molecular complexity index is 430. The summed E-state index contributed by atoms with van der Waals surface area (Å²) in [6.07, 6.45) is 0. The molecule has 1 aromatic carbocycles. The van der Waals surface area contributed by atoms with E-state index in [-0.39, 0.29) is 18.0 Å². The average Bonchev–Trinajstić information content (AvgIpc) is 2.48. The highest BCUT2D eigenvalue weighted by molar-refractivity contribution is 5.81. The molecule has 4 nitrogen and oxygen atoms in total. The zero-order valence-electron chi connectivity index (χ0n) is 13.1. The molecule has 1 amide bonds. The molecule has 0 aromatic heterocycles. The number of nitrogens with one attached hydrogen (secondary N) is 1. The van der Waals surface area contributed by atoms with Crippen molar-refractivity contribution >= 4 is 5.91 Å². The third-order valence-corrected chi connectivity index (χ3v) is 3.54. The number of benzene rings is 1. The van der Waals surface area contributed by atoms with Gasteiger partial charge in [-0.25, -0.2) is 0 Å². The van der Waals surface area contributed by atoms with Crippen molar-refractivity contribution < 1.29 is 9.53 Å². The van der Waals surface area contributed by atoms with Crippen molar-refractivity contribution in [3.63, 3.8) is 0 Å². The molecule has 0 aliphatic heterocycles. The monoisotopic (exact) mass is 278 g/mol. The van der Waals surface area contributed by atoms with Crippen molar-refractivity contribution in [1.82, 2.24) is 10.2 Å². The van der Waals surface area contributed by atoms with E-state index in [1.165, 1.54) is 0 Å². The molecule has 0 bridgehead atoms. The third kappa shape index (κ3) is 4.23. The first-order valence-corrected chi connectivity index (χ1v) is 7.22. The van der Waals surface area contributed by atoms with Crippen LogP contribution in [0.2, 0.25) is 0 Å². The summed E-state index contributed by atoms with van der Waals surface area (Å²) in [5.74, 6) is 0.976. The van der Waals surface area contributed by atoms with E-state index in [4.69, 9.17) is 4.74 Å². The van der Waals surface area contributed by atoms with Gasteiger partial charge in [0.05, 0.1) is 13.2 Å². The van der Waals surface area contributed by atoms with Crippen LogP contribution >= 0.6 is 0 Å². The van der Waals surface area contributed by atoms with E-state index >= 15 is 0 Å². The number of hydrogen-bond acceptors (Lipinski definition) is 3. The molecule has 112 valence electrons. The van der Waals surface area contributed by atoms with Crippen LogP contribution in [0.1, 0.15) is 39.3 Å². The van der Waals surface area contributed by atoms with E-state index in [1.807, 2.05) is 49.9 Å².